The molecule has 1 aliphatic carbocycles. The molecule has 9 heteroatoms. The van der Waals surface area contributed by atoms with Crippen molar-refractivity contribution in [2.75, 3.05) is 40.3 Å². The molecule has 3 saturated heterocycles. The summed E-state index contributed by atoms with van der Waals surface area (Å²) in [5.41, 5.74) is 0. The molecule has 9 nitrogen and oxygen atoms in total. The number of rotatable bonds is 6. The Bertz CT molecular complexity index is 591. The van der Waals surface area contributed by atoms with Crippen LogP contribution >= 0.6 is 0 Å². The van der Waals surface area contributed by atoms with Gasteiger partial charge in [0.15, 0.2) is 0 Å². The summed E-state index contributed by atoms with van der Waals surface area (Å²) in [6.07, 6.45) is 5.85. The van der Waals surface area contributed by atoms with Crippen molar-refractivity contribution >= 4 is 11.8 Å². The lowest BCUT2D eigenvalue weighted by atomic mass is 9.95. The van der Waals surface area contributed by atoms with Crippen molar-refractivity contribution in [2.24, 2.45) is 17.8 Å². The van der Waals surface area contributed by atoms with Gasteiger partial charge in [0.05, 0.1) is 18.0 Å². The van der Waals surface area contributed by atoms with Gasteiger partial charge in [-0.15, -0.1) is 0 Å². The van der Waals surface area contributed by atoms with Crippen LogP contribution in [-0.2, 0) is 9.59 Å². The van der Waals surface area contributed by atoms with Gasteiger partial charge < -0.3 is 16.0 Å². The molecule has 6 N–H and O–H groups in total. The fraction of sp³-hybridized carbons (Fsp3) is 0.900. The fourth-order valence-corrected chi connectivity index (χ4v) is 5.15. The summed E-state index contributed by atoms with van der Waals surface area (Å²) in [5, 5.41) is 20.1. The number of hydrogen-bond acceptors (Lipinski definition) is 7. The summed E-state index contributed by atoms with van der Waals surface area (Å²) in [6, 6.07) is 1.05. The molecule has 4 fully saturated rings. The standard InChI is InChI=1S/C20H37N7O2/c1-21-18(28)13-7-8-27(11-13)20-24-10-15(19(29)22-2)17(26-20)25-14-5-6-16(23-9-14)12-3-4-12/h12-17,20,23-26H,3-11H2,1-2H3,(H,21,28)(H,22,29). The van der Waals surface area contributed by atoms with Crippen LogP contribution in [0, 0.1) is 17.8 Å². The first-order valence-electron chi connectivity index (χ1n) is 11.2. The third-order valence-corrected chi connectivity index (χ3v) is 7.11. The molecule has 6 unspecified atom stereocenters. The van der Waals surface area contributed by atoms with Crippen molar-refractivity contribution in [3.63, 3.8) is 0 Å². The van der Waals surface area contributed by atoms with Gasteiger partial charge in [-0.1, -0.05) is 0 Å². The van der Waals surface area contributed by atoms with E-state index >= 15 is 0 Å². The Morgan fingerprint density at radius 3 is 2.38 bits per heavy atom. The van der Waals surface area contributed by atoms with Gasteiger partial charge in [0.2, 0.25) is 11.8 Å². The lowest BCUT2D eigenvalue weighted by Gasteiger charge is -2.43. The number of piperidine rings is 1. The summed E-state index contributed by atoms with van der Waals surface area (Å²) in [4.78, 5) is 26.7. The van der Waals surface area contributed by atoms with Crippen LogP contribution in [0.3, 0.4) is 0 Å². The zero-order valence-corrected chi connectivity index (χ0v) is 17.7. The average Bonchev–Trinajstić information content (AvgIpc) is 3.49. The van der Waals surface area contributed by atoms with Gasteiger partial charge in [0, 0.05) is 52.4 Å². The maximum atomic E-state index is 12.5. The first-order chi connectivity index (χ1) is 14.1. The molecule has 0 aromatic carbocycles. The van der Waals surface area contributed by atoms with Crippen molar-refractivity contribution in [3.8, 4) is 0 Å². The van der Waals surface area contributed by atoms with Crippen LogP contribution in [0.1, 0.15) is 32.1 Å². The second-order valence-corrected chi connectivity index (χ2v) is 9.06. The Labute approximate surface area is 173 Å². The summed E-state index contributed by atoms with van der Waals surface area (Å²) >= 11 is 0. The van der Waals surface area contributed by atoms with Crippen molar-refractivity contribution < 1.29 is 9.59 Å². The summed E-state index contributed by atoms with van der Waals surface area (Å²) < 4.78 is 0. The number of carbonyl (C=O) groups excluding carboxylic acids is 2. The SMILES string of the molecule is CNC(=O)C1CCN(C2NCC(C(=O)NC)C(NC3CCC(C4CC4)NC3)N2)C1. The molecule has 4 aliphatic rings. The van der Waals surface area contributed by atoms with Crippen molar-refractivity contribution in [1.29, 1.82) is 0 Å². The topological polar surface area (TPSA) is 110 Å². The van der Waals surface area contributed by atoms with E-state index in [-0.39, 0.29) is 36.1 Å². The van der Waals surface area contributed by atoms with Gasteiger partial charge in [-0.3, -0.25) is 30.4 Å². The Kier molecular flexibility index (Phi) is 6.70. The van der Waals surface area contributed by atoms with Gasteiger partial charge in [-0.2, -0.15) is 0 Å². The third kappa shape index (κ3) is 4.91. The highest BCUT2D eigenvalue weighted by molar-refractivity contribution is 5.79. The maximum Gasteiger partial charge on any atom is 0.227 e. The van der Waals surface area contributed by atoms with Gasteiger partial charge in [0.1, 0.15) is 6.29 Å². The highest BCUT2D eigenvalue weighted by atomic mass is 16.2. The summed E-state index contributed by atoms with van der Waals surface area (Å²) in [7, 11) is 3.39. The van der Waals surface area contributed by atoms with Gasteiger partial charge in [0.25, 0.3) is 0 Å². The first kappa shape index (κ1) is 21.0. The number of nitrogens with one attached hydrogen (secondary N) is 6. The minimum atomic E-state index is -0.172. The fourth-order valence-electron chi connectivity index (χ4n) is 5.15. The lowest BCUT2D eigenvalue weighted by molar-refractivity contribution is -0.127. The number of amides is 2. The lowest BCUT2D eigenvalue weighted by Crippen LogP contribution is -2.71. The van der Waals surface area contributed by atoms with E-state index < -0.39 is 0 Å². The van der Waals surface area contributed by atoms with Crippen molar-refractivity contribution in [3.05, 3.63) is 0 Å². The molecule has 0 radical (unpaired) electrons. The number of hydrogen-bond donors (Lipinski definition) is 6. The van der Waals surface area contributed by atoms with Crippen molar-refractivity contribution in [2.45, 2.75) is 56.6 Å². The second kappa shape index (κ2) is 9.26. The molecule has 3 aliphatic heterocycles. The molecule has 1 saturated carbocycles. The zero-order chi connectivity index (χ0) is 20.4. The predicted octanol–water partition coefficient (Wildman–Crippen LogP) is -1.66. The van der Waals surface area contributed by atoms with Crippen LogP contribution in [0.2, 0.25) is 0 Å². The molecule has 0 spiro atoms. The normalized spacial score (nSPS) is 38.6. The molecule has 29 heavy (non-hydrogen) atoms. The Hall–Kier alpha value is -1.26. The van der Waals surface area contributed by atoms with Crippen LogP contribution in [0.5, 0.6) is 0 Å². The quantitative estimate of drug-likeness (QED) is 0.313. The van der Waals surface area contributed by atoms with Crippen molar-refractivity contribution in [1.82, 2.24) is 36.8 Å². The monoisotopic (exact) mass is 407 g/mol. The van der Waals surface area contributed by atoms with E-state index in [4.69, 9.17) is 0 Å². The molecule has 6 atom stereocenters. The van der Waals surface area contributed by atoms with Crippen LogP contribution in [0.4, 0.5) is 0 Å². The largest absolute Gasteiger partial charge is 0.359 e. The molecular formula is C20H37N7O2. The van der Waals surface area contributed by atoms with Crippen LogP contribution in [0.25, 0.3) is 0 Å². The predicted molar refractivity (Wildman–Crippen MR) is 111 cm³/mol. The van der Waals surface area contributed by atoms with E-state index in [0.29, 0.717) is 18.6 Å². The summed E-state index contributed by atoms with van der Waals surface area (Å²) in [5.74, 6) is 0.910. The van der Waals surface area contributed by atoms with E-state index in [1.165, 1.54) is 19.3 Å². The van der Waals surface area contributed by atoms with Crippen LogP contribution in [-0.4, -0.2) is 81.5 Å². The Morgan fingerprint density at radius 1 is 0.931 bits per heavy atom. The van der Waals surface area contributed by atoms with E-state index in [9.17, 15) is 9.59 Å². The molecule has 3 heterocycles. The Morgan fingerprint density at radius 2 is 1.72 bits per heavy atom. The highest BCUT2D eigenvalue weighted by Gasteiger charge is 2.41. The number of likely N-dealkylation sites (tertiary alicyclic amines) is 1. The molecule has 0 aromatic rings. The van der Waals surface area contributed by atoms with Crippen LogP contribution in [0.15, 0.2) is 0 Å². The minimum Gasteiger partial charge on any atom is -0.359 e. The molecule has 164 valence electrons. The van der Waals surface area contributed by atoms with E-state index in [0.717, 1.165) is 38.4 Å². The van der Waals surface area contributed by atoms with E-state index in [1.807, 2.05) is 0 Å². The van der Waals surface area contributed by atoms with Gasteiger partial charge in [-0.25, -0.2) is 0 Å². The summed E-state index contributed by atoms with van der Waals surface area (Å²) in [6.45, 7) is 3.17. The van der Waals surface area contributed by atoms with Gasteiger partial charge >= 0.3 is 0 Å². The molecule has 4 rings (SSSR count). The zero-order valence-electron chi connectivity index (χ0n) is 17.7. The second-order valence-electron chi connectivity index (χ2n) is 9.06. The van der Waals surface area contributed by atoms with E-state index in [1.54, 1.807) is 14.1 Å². The number of nitrogens with zero attached hydrogens (tertiary/aromatic N) is 1. The Balaban J connectivity index is 1.34. The third-order valence-electron chi connectivity index (χ3n) is 7.11. The average molecular weight is 408 g/mol. The minimum absolute atomic E-state index is 0.0289. The molecular weight excluding hydrogens is 370 g/mol. The highest BCUT2D eigenvalue weighted by Crippen LogP contribution is 2.35. The van der Waals surface area contributed by atoms with Crippen LogP contribution < -0.4 is 31.9 Å². The molecule has 0 aromatic heterocycles. The van der Waals surface area contributed by atoms with E-state index in [2.05, 4.69) is 36.8 Å². The smallest absolute Gasteiger partial charge is 0.227 e. The maximum absolute atomic E-state index is 12.5. The first-order valence-corrected chi connectivity index (χ1v) is 11.2. The molecule has 2 amide bonds. The number of carbonyl (C=O) groups is 2. The molecule has 0 bridgehead atoms. The van der Waals surface area contributed by atoms with Gasteiger partial charge in [-0.05, 0) is 38.0 Å².